The van der Waals surface area contributed by atoms with Gasteiger partial charge in [0.05, 0.1) is 6.20 Å². The van der Waals surface area contributed by atoms with E-state index >= 15 is 0 Å². The number of nitrogens with one attached hydrogen (secondary N) is 3. The van der Waals surface area contributed by atoms with Gasteiger partial charge in [-0.15, -0.1) is 20.6 Å². The van der Waals surface area contributed by atoms with E-state index in [1.54, 1.807) is 18.2 Å². The summed E-state index contributed by atoms with van der Waals surface area (Å²) in [6.07, 6.45) is 2.65. The molecule has 112 valence electrons. The summed E-state index contributed by atoms with van der Waals surface area (Å²) in [5, 5.41) is 39.0. The predicted molar refractivity (Wildman–Crippen MR) is 79.0 cm³/mol. The van der Waals surface area contributed by atoms with Crippen LogP contribution >= 0.6 is 15.9 Å². The van der Waals surface area contributed by atoms with Gasteiger partial charge < -0.3 is 10.9 Å². The number of nitrogens with two attached hydrogens (primary N) is 2. The molecule has 0 fully saturated rings. The third-order valence-corrected chi connectivity index (χ3v) is 2.80. The zero-order valence-corrected chi connectivity index (χ0v) is 12.2. The maximum Gasteiger partial charge on any atom is 0.402 e. The highest BCUT2D eigenvalue weighted by Gasteiger charge is 1.97. The van der Waals surface area contributed by atoms with Crippen LogP contribution in [0, 0.1) is 16.0 Å². The molecule has 1 aromatic rings. The molecule has 21 heavy (non-hydrogen) atoms. The molecule has 0 saturated heterocycles. The Bertz CT molecular complexity index is 701. The fourth-order valence-electron chi connectivity index (χ4n) is 1.12. The van der Waals surface area contributed by atoms with Crippen molar-refractivity contribution in [1.29, 1.82) is 10.8 Å². The van der Waals surface area contributed by atoms with Gasteiger partial charge in [0.15, 0.2) is 0 Å². The van der Waals surface area contributed by atoms with Gasteiger partial charge in [-0.3, -0.25) is 21.8 Å². The molecule has 0 amide bonds. The molecule has 10 nitrogen and oxygen atoms in total. The Kier molecular flexibility index (Phi) is 5.63. The molecule has 0 heterocycles. The standard InChI is InChI=1S/C10H13BrN8O2/c11-8-3-6(4-16-18(20)9(12)13)1-2-7(8)5-17-19(21)10(14)15/h1-5,17,21H,(H3,12,13)(H3,14,15). The van der Waals surface area contributed by atoms with Gasteiger partial charge in [-0.05, 0) is 11.3 Å². The first kappa shape index (κ1) is 16.4. The smallest absolute Gasteiger partial charge is 0.402 e. The van der Waals surface area contributed by atoms with Crippen LogP contribution in [0.4, 0.5) is 0 Å². The number of benzene rings is 1. The van der Waals surface area contributed by atoms with Crippen molar-refractivity contribution in [3.05, 3.63) is 38.3 Å². The lowest BCUT2D eigenvalue weighted by atomic mass is 10.3. The first-order valence-corrected chi connectivity index (χ1v) is 6.17. The summed E-state index contributed by atoms with van der Waals surface area (Å²) in [6.45, 7) is 0. The molecule has 0 aliphatic carbocycles. The van der Waals surface area contributed by atoms with Gasteiger partial charge in [0.2, 0.25) is 5.96 Å². The second kappa shape index (κ2) is 7.21. The Balaban J connectivity index is 3.03. The average molecular weight is 357 g/mol. The molecule has 0 saturated carbocycles. The van der Waals surface area contributed by atoms with Crippen LogP contribution in [0.1, 0.15) is 0 Å². The van der Waals surface area contributed by atoms with Crippen molar-refractivity contribution in [1.82, 2.24) is 10.6 Å². The Labute approximate surface area is 127 Å². The minimum absolute atomic E-state index is 0.0218. The summed E-state index contributed by atoms with van der Waals surface area (Å²) < 4.78 is 0.635. The van der Waals surface area contributed by atoms with E-state index in [1.807, 2.05) is 0 Å². The number of hydrazine groups is 1. The van der Waals surface area contributed by atoms with Crippen molar-refractivity contribution in [2.24, 2.45) is 16.6 Å². The number of guanidine groups is 2. The largest absolute Gasteiger partial charge is 0.722 e. The first-order valence-electron chi connectivity index (χ1n) is 5.38. The number of rotatable bonds is 3. The van der Waals surface area contributed by atoms with Gasteiger partial charge in [-0.1, -0.05) is 28.1 Å². The highest BCUT2D eigenvalue weighted by Crippen LogP contribution is 1.97. The van der Waals surface area contributed by atoms with Gasteiger partial charge in [0.1, 0.15) is 0 Å². The lowest BCUT2D eigenvalue weighted by Gasteiger charge is -2.12. The van der Waals surface area contributed by atoms with E-state index in [0.717, 1.165) is 0 Å². The number of nitrogens with zero attached hydrogens (tertiary/aromatic N) is 3. The molecule has 11 heteroatoms. The molecule has 0 aliphatic heterocycles. The molecular formula is C10H13BrN8O2. The summed E-state index contributed by atoms with van der Waals surface area (Å²) >= 11 is 3.29. The predicted octanol–water partition coefficient (Wildman–Crippen LogP) is -1.13. The summed E-state index contributed by atoms with van der Waals surface area (Å²) in [6, 6.07) is 4.96. The molecule has 1 aromatic carbocycles. The summed E-state index contributed by atoms with van der Waals surface area (Å²) in [5.41, 5.74) is 12.4. The molecule has 0 radical (unpaired) electrons. The maximum atomic E-state index is 11.0. The third kappa shape index (κ3) is 5.08. The summed E-state index contributed by atoms with van der Waals surface area (Å²) in [7, 11) is 0. The van der Waals surface area contributed by atoms with E-state index in [4.69, 9.17) is 27.5 Å². The SMILES string of the molecule is N=C(N)N(O)NC=c1ccc(=CN=[N+]([O-])C(=N)N)cc1Br. The Morgan fingerprint density at radius 1 is 1.48 bits per heavy atom. The van der Waals surface area contributed by atoms with Crippen molar-refractivity contribution in [2.45, 2.75) is 0 Å². The molecule has 1 rings (SSSR count). The summed E-state index contributed by atoms with van der Waals surface area (Å²) in [5.74, 6) is -1.28. The quantitative estimate of drug-likeness (QED) is 0.131. The topological polar surface area (TPSA) is 174 Å². The summed E-state index contributed by atoms with van der Waals surface area (Å²) in [4.78, 5) is -0.0218. The van der Waals surface area contributed by atoms with Gasteiger partial charge in [-0.25, -0.2) is 0 Å². The molecule has 8 N–H and O–H groups in total. The van der Waals surface area contributed by atoms with Gasteiger partial charge in [-0.2, -0.15) is 0 Å². The zero-order chi connectivity index (χ0) is 16.0. The molecule has 0 bridgehead atoms. The second-order valence-corrected chi connectivity index (χ2v) is 4.51. The van der Waals surface area contributed by atoms with Gasteiger partial charge >= 0.3 is 5.96 Å². The first-order chi connectivity index (χ1) is 9.81. The number of hydrogen-bond acceptors (Lipinski definition) is 6. The van der Waals surface area contributed by atoms with E-state index in [9.17, 15) is 5.21 Å². The molecular weight excluding hydrogens is 344 g/mol. The van der Waals surface area contributed by atoms with E-state index in [2.05, 4.69) is 26.5 Å². The molecule has 0 aromatic heterocycles. The lowest BCUT2D eigenvalue weighted by Crippen LogP contribution is -2.41. The van der Waals surface area contributed by atoms with Crippen molar-refractivity contribution in [3.8, 4) is 0 Å². The van der Waals surface area contributed by atoms with Crippen LogP contribution in [-0.2, 0) is 0 Å². The van der Waals surface area contributed by atoms with Crippen LogP contribution in [-0.4, -0.2) is 27.2 Å². The van der Waals surface area contributed by atoms with Crippen LogP contribution < -0.4 is 27.3 Å². The van der Waals surface area contributed by atoms with E-state index in [0.29, 0.717) is 20.1 Å². The normalized spacial score (nSPS) is 13.1. The van der Waals surface area contributed by atoms with Crippen molar-refractivity contribution in [3.63, 3.8) is 0 Å². The van der Waals surface area contributed by atoms with Crippen LogP contribution in [0.15, 0.2) is 27.8 Å². The molecule has 0 aliphatic rings. The van der Waals surface area contributed by atoms with Crippen molar-refractivity contribution in [2.75, 3.05) is 0 Å². The average Bonchev–Trinajstić information content (AvgIpc) is 2.42. The van der Waals surface area contributed by atoms with Gasteiger partial charge in [0, 0.05) is 15.9 Å². The van der Waals surface area contributed by atoms with Crippen LogP contribution in [0.5, 0.6) is 0 Å². The van der Waals surface area contributed by atoms with E-state index in [-0.39, 0.29) is 4.86 Å². The zero-order valence-electron chi connectivity index (χ0n) is 10.6. The Morgan fingerprint density at radius 2 is 2.14 bits per heavy atom. The number of halogens is 1. The Hall–Kier alpha value is -2.66. The van der Waals surface area contributed by atoms with E-state index < -0.39 is 11.9 Å². The fourth-order valence-corrected chi connectivity index (χ4v) is 1.63. The lowest BCUT2D eigenvalue weighted by molar-refractivity contribution is -0.404. The van der Waals surface area contributed by atoms with Crippen molar-refractivity contribution < 1.29 is 10.1 Å². The third-order valence-electron chi connectivity index (χ3n) is 2.11. The number of hydrogen-bond donors (Lipinski definition) is 6. The van der Waals surface area contributed by atoms with Crippen molar-refractivity contribution >= 4 is 40.2 Å². The maximum absolute atomic E-state index is 11.0. The highest BCUT2D eigenvalue weighted by molar-refractivity contribution is 9.10. The Morgan fingerprint density at radius 3 is 2.67 bits per heavy atom. The number of hydroxylamine groups is 2. The minimum atomic E-state index is -0.716. The molecule has 0 atom stereocenters. The molecule has 0 spiro atoms. The van der Waals surface area contributed by atoms with Crippen LogP contribution in [0.3, 0.4) is 0 Å². The minimum Gasteiger partial charge on any atom is -0.722 e. The van der Waals surface area contributed by atoms with Gasteiger partial charge in [0.25, 0.3) is 0 Å². The van der Waals surface area contributed by atoms with Crippen LogP contribution in [0.25, 0.3) is 12.4 Å². The second-order valence-electron chi connectivity index (χ2n) is 3.65. The highest BCUT2D eigenvalue weighted by atomic mass is 79.9. The van der Waals surface area contributed by atoms with Crippen LogP contribution in [0.2, 0.25) is 0 Å². The van der Waals surface area contributed by atoms with E-state index in [1.165, 1.54) is 12.4 Å². The fraction of sp³-hybridized carbons (Fsp3) is 0. The number of azo groups is 1. The monoisotopic (exact) mass is 356 g/mol. The molecule has 0 unspecified atom stereocenters.